The van der Waals surface area contributed by atoms with Crippen molar-refractivity contribution < 1.29 is 19.1 Å². The van der Waals surface area contributed by atoms with Crippen LogP contribution in [0.4, 0.5) is 0 Å². The van der Waals surface area contributed by atoms with Gasteiger partial charge in [-0.05, 0) is 12.8 Å². The molecule has 1 saturated heterocycles. The monoisotopic (exact) mass is 256 g/mol. The van der Waals surface area contributed by atoms with Gasteiger partial charge in [-0.2, -0.15) is 0 Å². The predicted molar refractivity (Wildman–Crippen MR) is 64.6 cm³/mol. The number of rotatable bonds is 7. The molecule has 0 aromatic heterocycles. The Bertz CT molecular complexity index is 324. The van der Waals surface area contributed by atoms with E-state index < -0.39 is 11.9 Å². The smallest absolute Gasteiger partial charge is 0.240 e. The maximum Gasteiger partial charge on any atom is 0.240 e. The van der Waals surface area contributed by atoms with E-state index in [1.54, 1.807) is 6.92 Å². The van der Waals surface area contributed by atoms with Gasteiger partial charge in [-0.1, -0.05) is 6.92 Å². The summed E-state index contributed by atoms with van der Waals surface area (Å²) in [6.45, 7) is 2.70. The molecule has 0 unspecified atom stereocenters. The number of Topliss-reactive ketones (excluding diaryl/α,β-unsaturated/α-hetero) is 1. The van der Waals surface area contributed by atoms with Gasteiger partial charge in [-0.15, -0.1) is 0 Å². The highest BCUT2D eigenvalue weighted by atomic mass is 16.5. The Morgan fingerprint density at radius 2 is 2.17 bits per heavy atom. The Morgan fingerprint density at radius 3 is 2.67 bits per heavy atom. The molecule has 2 amide bonds. The summed E-state index contributed by atoms with van der Waals surface area (Å²) in [4.78, 5) is 34.2. The van der Waals surface area contributed by atoms with Crippen molar-refractivity contribution in [2.24, 2.45) is 11.7 Å². The third kappa shape index (κ3) is 4.44. The molecule has 1 aliphatic heterocycles. The zero-order valence-electron chi connectivity index (χ0n) is 10.6. The van der Waals surface area contributed by atoms with Crippen LogP contribution in [-0.4, -0.2) is 36.9 Å². The summed E-state index contributed by atoms with van der Waals surface area (Å²) in [5, 5.41) is 2.59. The van der Waals surface area contributed by atoms with Crippen molar-refractivity contribution in [2.75, 3.05) is 13.2 Å². The van der Waals surface area contributed by atoms with Gasteiger partial charge in [0.05, 0.1) is 12.5 Å². The van der Waals surface area contributed by atoms with E-state index in [-0.39, 0.29) is 30.4 Å². The van der Waals surface area contributed by atoms with Gasteiger partial charge in [-0.3, -0.25) is 14.4 Å². The normalized spacial score (nSPS) is 20.4. The number of nitrogens with two attached hydrogens (primary N) is 1. The highest BCUT2D eigenvalue weighted by molar-refractivity contribution is 5.88. The summed E-state index contributed by atoms with van der Waals surface area (Å²) in [6.07, 6.45) is 1.61. The fraction of sp³-hybridized carbons (Fsp3) is 0.750. The third-order valence-electron chi connectivity index (χ3n) is 3.07. The predicted octanol–water partition coefficient (Wildman–Crippen LogP) is -0.248. The van der Waals surface area contributed by atoms with Crippen LogP contribution in [-0.2, 0) is 19.1 Å². The first-order valence-corrected chi connectivity index (χ1v) is 6.23. The molecular formula is C12H20N2O4. The van der Waals surface area contributed by atoms with E-state index in [0.717, 1.165) is 0 Å². The molecule has 18 heavy (non-hydrogen) atoms. The SMILES string of the molecule is CCC(=O)CC[C@@H](NC(=O)[C@H]1CCOC1)C(N)=O. The lowest BCUT2D eigenvalue weighted by Gasteiger charge is -2.17. The number of ether oxygens (including phenoxy) is 1. The summed E-state index contributed by atoms with van der Waals surface area (Å²) in [7, 11) is 0. The molecule has 6 heteroatoms. The van der Waals surface area contributed by atoms with Gasteiger partial charge in [0.2, 0.25) is 11.8 Å². The van der Waals surface area contributed by atoms with Crippen LogP contribution in [0.5, 0.6) is 0 Å². The first kappa shape index (κ1) is 14.6. The van der Waals surface area contributed by atoms with Crippen LogP contribution in [0.25, 0.3) is 0 Å². The maximum atomic E-state index is 11.8. The van der Waals surface area contributed by atoms with Crippen LogP contribution in [0, 0.1) is 5.92 Å². The van der Waals surface area contributed by atoms with Crippen molar-refractivity contribution in [3.63, 3.8) is 0 Å². The van der Waals surface area contributed by atoms with Crippen LogP contribution < -0.4 is 11.1 Å². The number of amides is 2. The zero-order valence-corrected chi connectivity index (χ0v) is 10.6. The fourth-order valence-corrected chi connectivity index (χ4v) is 1.80. The van der Waals surface area contributed by atoms with Gasteiger partial charge in [-0.25, -0.2) is 0 Å². The van der Waals surface area contributed by atoms with Crippen molar-refractivity contribution in [1.82, 2.24) is 5.32 Å². The van der Waals surface area contributed by atoms with Gasteiger partial charge >= 0.3 is 0 Å². The van der Waals surface area contributed by atoms with Crippen LogP contribution >= 0.6 is 0 Å². The molecule has 1 heterocycles. The molecule has 6 nitrogen and oxygen atoms in total. The van der Waals surface area contributed by atoms with Crippen LogP contribution in [0.15, 0.2) is 0 Å². The average molecular weight is 256 g/mol. The molecule has 1 aliphatic rings. The molecule has 1 rings (SSSR count). The Hall–Kier alpha value is -1.43. The van der Waals surface area contributed by atoms with Crippen molar-refractivity contribution in [3.05, 3.63) is 0 Å². The summed E-state index contributed by atoms with van der Waals surface area (Å²) < 4.78 is 5.10. The second-order valence-electron chi connectivity index (χ2n) is 4.45. The quantitative estimate of drug-likeness (QED) is 0.656. The molecule has 102 valence electrons. The molecule has 0 aliphatic carbocycles. The fourth-order valence-electron chi connectivity index (χ4n) is 1.80. The molecule has 0 aromatic rings. The van der Waals surface area contributed by atoms with E-state index >= 15 is 0 Å². The van der Waals surface area contributed by atoms with Gasteiger partial charge in [0.1, 0.15) is 11.8 Å². The van der Waals surface area contributed by atoms with Gasteiger partial charge in [0.25, 0.3) is 0 Å². The van der Waals surface area contributed by atoms with E-state index in [0.29, 0.717) is 26.1 Å². The van der Waals surface area contributed by atoms with Crippen molar-refractivity contribution in [1.29, 1.82) is 0 Å². The summed E-state index contributed by atoms with van der Waals surface area (Å²) in [6, 6.07) is -0.770. The van der Waals surface area contributed by atoms with E-state index in [2.05, 4.69) is 5.32 Å². The molecule has 0 radical (unpaired) electrons. The number of nitrogens with one attached hydrogen (secondary N) is 1. The minimum absolute atomic E-state index is 0.0553. The number of hydrogen-bond donors (Lipinski definition) is 2. The molecule has 0 bridgehead atoms. The first-order valence-electron chi connectivity index (χ1n) is 6.23. The van der Waals surface area contributed by atoms with Gasteiger partial charge < -0.3 is 15.8 Å². The van der Waals surface area contributed by atoms with Crippen LogP contribution in [0.2, 0.25) is 0 Å². The van der Waals surface area contributed by atoms with Crippen molar-refractivity contribution in [2.45, 2.75) is 38.6 Å². The minimum atomic E-state index is -0.770. The second kappa shape index (κ2) is 7.10. The van der Waals surface area contributed by atoms with E-state index in [1.807, 2.05) is 0 Å². The Balaban J connectivity index is 2.44. The molecule has 0 saturated carbocycles. The summed E-state index contributed by atoms with van der Waals surface area (Å²) in [5.41, 5.74) is 5.22. The highest BCUT2D eigenvalue weighted by Crippen LogP contribution is 2.13. The molecule has 0 spiro atoms. The Morgan fingerprint density at radius 1 is 1.44 bits per heavy atom. The number of carbonyl (C=O) groups is 3. The molecule has 1 fully saturated rings. The third-order valence-corrected chi connectivity index (χ3v) is 3.07. The number of ketones is 1. The second-order valence-corrected chi connectivity index (χ2v) is 4.45. The van der Waals surface area contributed by atoms with Gasteiger partial charge in [0.15, 0.2) is 0 Å². The Kier molecular flexibility index (Phi) is 5.77. The summed E-state index contributed by atoms with van der Waals surface area (Å²) in [5.74, 6) is -0.986. The van der Waals surface area contributed by atoms with E-state index in [4.69, 9.17) is 10.5 Å². The van der Waals surface area contributed by atoms with Crippen molar-refractivity contribution >= 4 is 17.6 Å². The number of carbonyl (C=O) groups excluding carboxylic acids is 3. The van der Waals surface area contributed by atoms with E-state index in [9.17, 15) is 14.4 Å². The Labute approximate surface area is 106 Å². The lowest BCUT2D eigenvalue weighted by atomic mass is 10.0. The first-order chi connectivity index (χ1) is 8.54. The molecule has 2 atom stereocenters. The zero-order chi connectivity index (χ0) is 13.5. The highest BCUT2D eigenvalue weighted by Gasteiger charge is 2.27. The largest absolute Gasteiger partial charge is 0.381 e. The number of primary amides is 1. The summed E-state index contributed by atoms with van der Waals surface area (Å²) >= 11 is 0. The lowest BCUT2D eigenvalue weighted by Crippen LogP contribution is -2.47. The lowest BCUT2D eigenvalue weighted by molar-refractivity contribution is -0.130. The average Bonchev–Trinajstić information content (AvgIpc) is 2.87. The molecule has 3 N–H and O–H groups in total. The topological polar surface area (TPSA) is 98.5 Å². The number of hydrogen-bond acceptors (Lipinski definition) is 4. The maximum absolute atomic E-state index is 11.8. The minimum Gasteiger partial charge on any atom is -0.381 e. The molecular weight excluding hydrogens is 236 g/mol. The van der Waals surface area contributed by atoms with E-state index in [1.165, 1.54) is 0 Å². The molecule has 0 aromatic carbocycles. The standard InChI is InChI=1S/C12H20N2O4/c1-2-9(15)3-4-10(11(13)16)14-12(17)8-5-6-18-7-8/h8,10H,2-7H2,1H3,(H2,13,16)(H,14,17)/t8-,10+/m0/s1. The van der Waals surface area contributed by atoms with Crippen LogP contribution in [0.3, 0.4) is 0 Å². The van der Waals surface area contributed by atoms with Crippen LogP contribution in [0.1, 0.15) is 32.6 Å². The van der Waals surface area contributed by atoms with Gasteiger partial charge in [0, 0.05) is 19.4 Å². The van der Waals surface area contributed by atoms with Crippen molar-refractivity contribution in [3.8, 4) is 0 Å².